The third-order valence-electron chi connectivity index (χ3n) is 4.00. The van der Waals surface area contributed by atoms with E-state index >= 15 is 0 Å². The van der Waals surface area contributed by atoms with Gasteiger partial charge < -0.3 is 10.2 Å². The van der Waals surface area contributed by atoms with Crippen molar-refractivity contribution >= 4 is 16.5 Å². The first kappa shape index (κ1) is 14.8. The molecule has 1 fully saturated rings. The molecule has 2 rings (SSSR count). The number of hydrogen-bond acceptors (Lipinski definition) is 4. The van der Waals surface area contributed by atoms with Crippen LogP contribution in [0, 0.1) is 12.8 Å². The monoisotopic (exact) mass is 281 g/mol. The SMILES string of the molecule is CCCNC(C)c1sc(N(C)CC2CCC2)nc1C. The fourth-order valence-electron chi connectivity index (χ4n) is 2.55. The molecule has 1 unspecified atom stereocenters. The Kier molecular flexibility index (Phi) is 5.22. The normalized spacial score (nSPS) is 17.3. The summed E-state index contributed by atoms with van der Waals surface area (Å²) in [5.41, 5.74) is 1.19. The van der Waals surface area contributed by atoms with Gasteiger partial charge in [0.1, 0.15) is 0 Å². The second-order valence-corrected chi connectivity index (χ2v) is 6.81. The van der Waals surface area contributed by atoms with Crippen LogP contribution in [0.4, 0.5) is 5.13 Å². The lowest BCUT2D eigenvalue weighted by molar-refractivity contribution is 0.321. The van der Waals surface area contributed by atoms with Crippen LogP contribution in [0.1, 0.15) is 56.1 Å². The van der Waals surface area contributed by atoms with Crippen molar-refractivity contribution in [2.45, 2.75) is 52.5 Å². The maximum absolute atomic E-state index is 4.76. The molecule has 0 saturated heterocycles. The number of hydrogen-bond donors (Lipinski definition) is 1. The molecule has 1 atom stereocenters. The van der Waals surface area contributed by atoms with E-state index < -0.39 is 0 Å². The molecule has 0 aromatic carbocycles. The van der Waals surface area contributed by atoms with E-state index in [-0.39, 0.29) is 0 Å². The third kappa shape index (κ3) is 3.69. The van der Waals surface area contributed by atoms with E-state index in [0.29, 0.717) is 6.04 Å². The second kappa shape index (κ2) is 6.71. The quantitative estimate of drug-likeness (QED) is 0.825. The summed E-state index contributed by atoms with van der Waals surface area (Å²) >= 11 is 1.86. The maximum atomic E-state index is 4.76. The Morgan fingerprint density at radius 2 is 2.21 bits per heavy atom. The van der Waals surface area contributed by atoms with Crippen LogP contribution < -0.4 is 10.2 Å². The van der Waals surface area contributed by atoms with Gasteiger partial charge in [-0.3, -0.25) is 0 Å². The minimum atomic E-state index is 0.420. The lowest BCUT2D eigenvalue weighted by atomic mass is 9.85. The van der Waals surface area contributed by atoms with Crippen LogP contribution in [-0.4, -0.2) is 25.1 Å². The van der Waals surface area contributed by atoms with Crippen LogP contribution in [-0.2, 0) is 0 Å². The van der Waals surface area contributed by atoms with E-state index in [4.69, 9.17) is 4.98 Å². The van der Waals surface area contributed by atoms with Crippen LogP contribution in [0.5, 0.6) is 0 Å². The number of thiazole rings is 1. The largest absolute Gasteiger partial charge is 0.351 e. The molecule has 19 heavy (non-hydrogen) atoms. The van der Waals surface area contributed by atoms with Crippen LogP contribution in [0.3, 0.4) is 0 Å². The molecule has 1 aliphatic rings. The van der Waals surface area contributed by atoms with E-state index in [0.717, 1.165) is 12.5 Å². The minimum Gasteiger partial charge on any atom is -0.351 e. The first-order valence-electron chi connectivity index (χ1n) is 7.53. The zero-order valence-corrected chi connectivity index (χ0v) is 13.5. The zero-order chi connectivity index (χ0) is 13.8. The zero-order valence-electron chi connectivity index (χ0n) is 12.7. The summed E-state index contributed by atoms with van der Waals surface area (Å²) in [6, 6.07) is 0.420. The highest BCUT2D eigenvalue weighted by atomic mass is 32.1. The number of anilines is 1. The number of nitrogens with one attached hydrogen (secondary N) is 1. The predicted molar refractivity (Wildman–Crippen MR) is 84.2 cm³/mol. The van der Waals surface area contributed by atoms with Crippen molar-refractivity contribution in [2.24, 2.45) is 5.92 Å². The van der Waals surface area contributed by atoms with Crippen molar-refractivity contribution in [3.05, 3.63) is 10.6 Å². The smallest absolute Gasteiger partial charge is 0.185 e. The van der Waals surface area contributed by atoms with Crippen molar-refractivity contribution in [1.82, 2.24) is 10.3 Å². The van der Waals surface area contributed by atoms with Crippen molar-refractivity contribution in [1.29, 1.82) is 0 Å². The van der Waals surface area contributed by atoms with Gasteiger partial charge in [-0.05, 0) is 45.6 Å². The van der Waals surface area contributed by atoms with Crippen LogP contribution in [0.2, 0.25) is 0 Å². The van der Waals surface area contributed by atoms with Gasteiger partial charge in [0.2, 0.25) is 0 Å². The van der Waals surface area contributed by atoms with E-state index in [9.17, 15) is 0 Å². The van der Waals surface area contributed by atoms with Gasteiger partial charge >= 0.3 is 0 Å². The Balaban J connectivity index is 1.98. The molecule has 0 spiro atoms. The first-order valence-corrected chi connectivity index (χ1v) is 8.35. The molecule has 1 N–H and O–H groups in total. The average molecular weight is 281 g/mol. The van der Waals surface area contributed by atoms with Gasteiger partial charge in [-0.2, -0.15) is 0 Å². The Hall–Kier alpha value is -0.610. The summed E-state index contributed by atoms with van der Waals surface area (Å²) in [6.07, 6.45) is 5.39. The molecular formula is C15H27N3S. The van der Waals surface area contributed by atoms with Crippen LogP contribution >= 0.6 is 11.3 Å². The summed E-state index contributed by atoms with van der Waals surface area (Å²) in [7, 11) is 2.19. The summed E-state index contributed by atoms with van der Waals surface area (Å²) in [5.74, 6) is 0.897. The standard InChI is InChI=1S/C15H27N3S/c1-5-9-16-11(2)14-12(3)17-15(19-14)18(4)10-13-7-6-8-13/h11,13,16H,5-10H2,1-4H3. The fraction of sp³-hybridized carbons (Fsp3) is 0.800. The van der Waals surface area contributed by atoms with Gasteiger partial charge in [0.25, 0.3) is 0 Å². The van der Waals surface area contributed by atoms with E-state index in [1.807, 2.05) is 11.3 Å². The maximum Gasteiger partial charge on any atom is 0.185 e. The van der Waals surface area contributed by atoms with Crippen LogP contribution in [0.25, 0.3) is 0 Å². The van der Waals surface area contributed by atoms with Crippen molar-refractivity contribution in [2.75, 3.05) is 25.0 Å². The van der Waals surface area contributed by atoms with Gasteiger partial charge in [-0.25, -0.2) is 4.98 Å². The summed E-state index contributed by atoms with van der Waals surface area (Å²) < 4.78 is 0. The Labute approximate surface area is 121 Å². The summed E-state index contributed by atoms with van der Waals surface area (Å²) in [4.78, 5) is 8.49. The third-order valence-corrected chi connectivity index (χ3v) is 5.45. The predicted octanol–water partition coefficient (Wildman–Crippen LogP) is 3.75. The Morgan fingerprint density at radius 1 is 1.47 bits per heavy atom. The molecular weight excluding hydrogens is 254 g/mol. The highest BCUT2D eigenvalue weighted by Gasteiger charge is 2.21. The molecule has 1 aromatic rings. The lowest BCUT2D eigenvalue weighted by Gasteiger charge is -2.29. The molecule has 1 aliphatic carbocycles. The molecule has 0 bridgehead atoms. The fourth-order valence-corrected chi connectivity index (χ4v) is 3.62. The highest BCUT2D eigenvalue weighted by molar-refractivity contribution is 7.15. The molecule has 0 aliphatic heterocycles. The van der Waals surface area contributed by atoms with Gasteiger partial charge in [0.05, 0.1) is 5.69 Å². The molecule has 1 saturated carbocycles. The van der Waals surface area contributed by atoms with E-state index in [1.165, 1.54) is 47.9 Å². The average Bonchev–Trinajstić information content (AvgIpc) is 2.73. The number of nitrogens with zero attached hydrogens (tertiary/aromatic N) is 2. The molecule has 0 radical (unpaired) electrons. The summed E-state index contributed by atoms with van der Waals surface area (Å²) in [6.45, 7) is 8.83. The molecule has 0 amide bonds. The number of aromatic nitrogens is 1. The van der Waals surface area contributed by atoms with Gasteiger partial charge in [-0.15, -0.1) is 11.3 Å². The van der Waals surface area contributed by atoms with Crippen LogP contribution in [0.15, 0.2) is 0 Å². The van der Waals surface area contributed by atoms with E-state index in [1.54, 1.807) is 0 Å². The number of aryl methyl sites for hydroxylation is 1. The Morgan fingerprint density at radius 3 is 2.79 bits per heavy atom. The first-order chi connectivity index (χ1) is 9.11. The van der Waals surface area contributed by atoms with Gasteiger partial charge in [0, 0.05) is 24.5 Å². The molecule has 1 aromatic heterocycles. The molecule has 3 nitrogen and oxygen atoms in total. The molecule has 4 heteroatoms. The topological polar surface area (TPSA) is 28.2 Å². The Bertz CT molecular complexity index is 398. The second-order valence-electron chi connectivity index (χ2n) is 5.80. The van der Waals surface area contributed by atoms with Gasteiger partial charge in [0.15, 0.2) is 5.13 Å². The highest BCUT2D eigenvalue weighted by Crippen LogP contribution is 2.33. The number of rotatable bonds is 7. The van der Waals surface area contributed by atoms with Crippen molar-refractivity contribution < 1.29 is 0 Å². The molecule has 108 valence electrons. The minimum absolute atomic E-state index is 0.420. The van der Waals surface area contributed by atoms with Crippen molar-refractivity contribution in [3.63, 3.8) is 0 Å². The van der Waals surface area contributed by atoms with Crippen molar-refractivity contribution in [3.8, 4) is 0 Å². The summed E-state index contributed by atoms with van der Waals surface area (Å²) in [5, 5.41) is 4.74. The molecule has 1 heterocycles. The van der Waals surface area contributed by atoms with E-state index in [2.05, 4.69) is 38.0 Å². The van der Waals surface area contributed by atoms with Gasteiger partial charge in [-0.1, -0.05) is 13.3 Å². The lowest BCUT2D eigenvalue weighted by Crippen LogP contribution is -2.29.